The Balaban J connectivity index is 1.62. The summed E-state index contributed by atoms with van der Waals surface area (Å²) in [5.41, 5.74) is 9.22. The zero-order valence-corrected chi connectivity index (χ0v) is 21.4. The van der Waals surface area contributed by atoms with Crippen LogP contribution < -0.4 is 15.6 Å². The van der Waals surface area contributed by atoms with Crippen LogP contribution in [-0.2, 0) is 32.9 Å². The van der Waals surface area contributed by atoms with Crippen molar-refractivity contribution in [1.82, 2.24) is 9.78 Å². The monoisotopic (exact) mass is 557 g/mol. The van der Waals surface area contributed by atoms with Gasteiger partial charge in [0.05, 0.1) is 21.2 Å². The molecule has 4 aromatic rings. The molecule has 10 nitrogen and oxygen atoms in total. The third-order valence-corrected chi connectivity index (χ3v) is 8.59. The first-order valence-electron chi connectivity index (χ1n) is 10.9. The Morgan fingerprint density at radius 3 is 2.19 bits per heavy atom. The molecule has 190 valence electrons. The molecule has 0 aliphatic heterocycles. The summed E-state index contributed by atoms with van der Waals surface area (Å²) in [5, 5.41) is 10.0. The summed E-state index contributed by atoms with van der Waals surface area (Å²) in [7, 11) is -7.80. The number of fused-ring (bicyclic) bond motifs is 3. The number of benzene rings is 3. The standard InChI is InChI=1S/C24H20ClN5O5S2/c25-15-3-8-19(9-4-15)37(34,35)29-16-5-1-14-2-12-20-22(24(26)31)28-30(23(20)21(14)13-16)17-6-10-18(11-7-17)36(27,32)33/h1,3-11,13,29H,2,12H2,(H2,26,31)(H2,27,32,33). The minimum atomic E-state index is -3.90. The van der Waals surface area contributed by atoms with E-state index in [4.69, 9.17) is 22.5 Å². The van der Waals surface area contributed by atoms with Crippen LogP contribution in [0.1, 0.15) is 21.6 Å². The molecule has 0 saturated carbocycles. The highest BCUT2D eigenvalue weighted by atomic mass is 35.5. The molecule has 0 atom stereocenters. The number of primary amides is 1. The molecule has 1 aliphatic rings. The molecule has 0 spiro atoms. The van der Waals surface area contributed by atoms with Crippen molar-refractivity contribution in [2.75, 3.05) is 4.72 Å². The van der Waals surface area contributed by atoms with Gasteiger partial charge < -0.3 is 5.73 Å². The molecule has 5 rings (SSSR count). The second-order valence-electron chi connectivity index (χ2n) is 8.42. The van der Waals surface area contributed by atoms with Crippen molar-refractivity contribution < 1.29 is 21.6 Å². The van der Waals surface area contributed by atoms with Crippen LogP contribution in [0.3, 0.4) is 0 Å². The van der Waals surface area contributed by atoms with Gasteiger partial charge in [0.25, 0.3) is 15.9 Å². The number of carbonyl (C=O) groups is 1. The van der Waals surface area contributed by atoms with Crippen LogP contribution in [0.5, 0.6) is 0 Å². The van der Waals surface area contributed by atoms with Gasteiger partial charge in [0, 0.05) is 21.8 Å². The van der Waals surface area contributed by atoms with E-state index in [1.54, 1.807) is 12.1 Å². The van der Waals surface area contributed by atoms with Gasteiger partial charge in [-0.2, -0.15) is 5.10 Å². The number of anilines is 1. The van der Waals surface area contributed by atoms with E-state index in [1.165, 1.54) is 53.2 Å². The number of amides is 1. The number of aromatic nitrogens is 2. The van der Waals surface area contributed by atoms with E-state index in [2.05, 4.69) is 9.82 Å². The number of nitrogens with one attached hydrogen (secondary N) is 1. The Kier molecular flexibility index (Phi) is 6.07. The van der Waals surface area contributed by atoms with E-state index in [-0.39, 0.29) is 15.5 Å². The molecule has 0 saturated heterocycles. The van der Waals surface area contributed by atoms with Crippen LogP contribution >= 0.6 is 11.6 Å². The van der Waals surface area contributed by atoms with Crippen molar-refractivity contribution >= 4 is 43.2 Å². The second kappa shape index (κ2) is 8.99. The largest absolute Gasteiger partial charge is 0.364 e. The van der Waals surface area contributed by atoms with Gasteiger partial charge in [0.15, 0.2) is 5.69 Å². The molecule has 0 unspecified atom stereocenters. The Hall–Kier alpha value is -3.71. The SMILES string of the molecule is NC(=O)c1nn(-c2ccc(S(N)(=O)=O)cc2)c2c1CCc1ccc(NS(=O)(=O)c3ccc(Cl)cc3)cc1-2. The lowest BCUT2D eigenvalue weighted by molar-refractivity contribution is 0.0994. The number of hydrogen-bond donors (Lipinski definition) is 3. The normalized spacial score (nSPS) is 13.0. The van der Waals surface area contributed by atoms with Crippen LogP contribution in [0.2, 0.25) is 5.02 Å². The van der Waals surface area contributed by atoms with Gasteiger partial charge in [0.1, 0.15) is 0 Å². The first-order valence-corrected chi connectivity index (χ1v) is 14.3. The summed E-state index contributed by atoms with van der Waals surface area (Å²) < 4.78 is 53.3. The van der Waals surface area contributed by atoms with Crippen molar-refractivity contribution in [3.05, 3.63) is 88.6 Å². The molecule has 0 radical (unpaired) electrons. The van der Waals surface area contributed by atoms with E-state index >= 15 is 0 Å². The molecule has 0 fully saturated rings. The third-order valence-electron chi connectivity index (χ3n) is 6.01. The molecule has 1 aromatic heterocycles. The molecular formula is C24H20ClN5O5S2. The number of hydrogen-bond acceptors (Lipinski definition) is 6. The molecule has 3 aromatic carbocycles. The Morgan fingerprint density at radius 2 is 1.57 bits per heavy atom. The summed E-state index contributed by atoms with van der Waals surface area (Å²) in [4.78, 5) is 12.2. The fourth-order valence-corrected chi connectivity index (χ4v) is 5.98. The molecule has 5 N–H and O–H groups in total. The highest BCUT2D eigenvalue weighted by Gasteiger charge is 2.29. The van der Waals surface area contributed by atoms with Crippen LogP contribution in [0.25, 0.3) is 16.9 Å². The van der Waals surface area contributed by atoms with Crippen molar-refractivity contribution in [2.24, 2.45) is 10.9 Å². The van der Waals surface area contributed by atoms with Gasteiger partial charge in [-0.05, 0) is 79.1 Å². The van der Waals surface area contributed by atoms with Crippen molar-refractivity contribution in [3.63, 3.8) is 0 Å². The minimum Gasteiger partial charge on any atom is -0.364 e. The zero-order chi connectivity index (χ0) is 26.5. The van der Waals surface area contributed by atoms with Gasteiger partial charge in [-0.25, -0.2) is 26.7 Å². The number of carbonyl (C=O) groups excluding carboxylic acids is 1. The number of nitrogens with zero attached hydrogens (tertiary/aromatic N) is 2. The number of rotatable bonds is 6. The third kappa shape index (κ3) is 4.71. The molecule has 0 bridgehead atoms. The van der Waals surface area contributed by atoms with E-state index < -0.39 is 26.0 Å². The van der Waals surface area contributed by atoms with Crippen molar-refractivity contribution in [1.29, 1.82) is 0 Å². The van der Waals surface area contributed by atoms with Gasteiger partial charge in [-0.1, -0.05) is 17.7 Å². The fraction of sp³-hybridized carbons (Fsp3) is 0.0833. The second-order valence-corrected chi connectivity index (χ2v) is 12.1. The van der Waals surface area contributed by atoms with E-state index in [1.807, 2.05) is 6.07 Å². The topological polar surface area (TPSA) is 167 Å². The summed E-state index contributed by atoms with van der Waals surface area (Å²) in [6, 6.07) is 16.6. The average Bonchev–Trinajstić information content (AvgIpc) is 3.24. The maximum atomic E-state index is 12.9. The van der Waals surface area contributed by atoms with E-state index in [0.717, 1.165) is 5.56 Å². The first kappa shape index (κ1) is 25.0. The number of nitrogens with two attached hydrogens (primary N) is 2. The maximum absolute atomic E-state index is 12.9. The average molecular weight is 558 g/mol. The van der Waals surface area contributed by atoms with Gasteiger partial charge in [0.2, 0.25) is 10.0 Å². The Morgan fingerprint density at radius 1 is 0.919 bits per heavy atom. The van der Waals surface area contributed by atoms with Crippen LogP contribution in [-0.4, -0.2) is 32.5 Å². The number of sulfonamides is 2. The van der Waals surface area contributed by atoms with Gasteiger partial charge in [-0.15, -0.1) is 0 Å². The summed E-state index contributed by atoms with van der Waals surface area (Å²) in [6.45, 7) is 0. The van der Waals surface area contributed by atoms with Gasteiger partial charge in [-0.3, -0.25) is 9.52 Å². The number of aryl methyl sites for hydroxylation is 1. The highest BCUT2D eigenvalue weighted by Crippen LogP contribution is 2.38. The first-order chi connectivity index (χ1) is 17.4. The zero-order valence-electron chi connectivity index (χ0n) is 19.0. The van der Waals surface area contributed by atoms with Gasteiger partial charge >= 0.3 is 0 Å². The summed E-state index contributed by atoms with van der Waals surface area (Å²) in [6.07, 6.45) is 1.08. The summed E-state index contributed by atoms with van der Waals surface area (Å²) in [5.74, 6) is -0.709. The lowest BCUT2D eigenvalue weighted by Crippen LogP contribution is -2.16. The van der Waals surface area contributed by atoms with Crippen molar-refractivity contribution in [2.45, 2.75) is 22.6 Å². The fourth-order valence-electron chi connectivity index (χ4n) is 4.29. The van der Waals surface area contributed by atoms with Crippen molar-refractivity contribution in [3.8, 4) is 16.9 Å². The predicted octanol–water partition coefficient (Wildman–Crippen LogP) is 2.84. The Labute approximate surface area is 218 Å². The van der Waals surface area contributed by atoms with Crippen LogP contribution in [0.15, 0.2) is 76.5 Å². The lowest BCUT2D eigenvalue weighted by atomic mass is 9.88. The number of primary sulfonamides is 1. The molecule has 13 heteroatoms. The lowest BCUT2D eigenvalue weighted by Gasteiger charge is -2.20. The van der Waals surface area contributed by atoms with Crippen LogP contribution in [0, 0.1) is 0 Å². The molecule has 1 aliphatic carbocycles. The summed E-state index contributed by atoms with van der Waals surface area (Å²) >= 11 is 5.88. The molecular weight excluding hydrogens is 538 g/mol. The maximum Gasteiger partial charge on any atom is 0.269 e. The molecule has 1 heterocycles. The minimum absolute atomic E-state index is 0.0475. The highest BCUT2D eigenvalue weighted by molar-refractivity contribution is 7.92. The van der Waals surface area contributed by atoms with E-state index in [9.17, 15) is 21.6 Å². The van der Waals surface area contributed by atoms with Crippen LogP contribution in [0.4, 0.5) is 5.69 Å². The quantitative estimate of drug-likeness (QED) is 0.329. The predicted molar refractivity (Wildman–Crippen MR) is 139 cm³/mol. The smallest absolute Gasteiger partial charge is 0.269 e. The van der Waals surface area contributed by atoms with E-state index in [0.29, 0.717) is 46.1 Å². The number of halogens is 1. The molecule has 1 amide bonds. The molecule has 37 heavy (non-hydrogen) atoms. The Bertz CT molecular complexity index is 1770.